The summed E-state index contributed by atoms with van der Waals surface area (Å²) in [5, 5.41) is 1.08. The second kappa shape index (κ2) is 4.16. The van der Waals surface area contributed by atoms with E-state index in [-0.39, 0.29) is 5.97 Å². The van der Waals surface area contributed by atoms with Crippen molar-refractivity contribution in [3.05, 3.63) is 35.0 Å². The summed E-state index contributed by atoms with van der Waals surface area (Å²) in [5.74, 6) is -0.275. The quantitative estimate of drug-likeness (QED) is 0.778. The number of esters is 1. The van der Waals surface area contributed by atoms with Crippen LogP contribution in [0.1, 0.15) is 42.4 Å². The predicted octanol–water partition coefficient (Wildman–Crippen LogP) is 3.74. The maximum atomic E-state index is 12.0. The average Bonchev–Trinajstić information content (AvgIpc) is 2.52. The Labute approximate surface area is 107 Å². The molecule has 0 bridgehead atoms. The first kappa shape index (κ1) is 12.7. The molecule has 0 aliphatic carbocycles. The normalized spacial score (nSPS) is 11.8. The Bertz CT molecular complexity index is 603. The fourth-order valence-electron chi connectivity index (χ4n) is 1.93. The number of fused-ring (bicyclic) bond motifs is 1. The molecular weight excluding hydrogens is 226 g/mol. The van der Waals surface area contributed by atoms with Crippen LogP contribution < -0.4 is 0 Å². The van der Waals surface area contributed by atoms with E-state index in [0.717, 1.165) is 16.6 Å². The van der Waals surface area contributed by atoms with Gasteiger partial charge in [0.15, 0.2) is 0 Å². The van der Waals surface area contributed by atoms with E-state index in [1.165, 1.54) is 5.56 Å². The molecule has 1 aromatic heterocycles. The van der Waals surface area contributed by atoms with Crippen molar-refractivity contribution in [2.24, 2.45) is 0 Å². The molecule has 0 radical (unpaired) electrons. The van der Waals surface area contributed by atoms with Gasteiger partial charge in [-0.25, -0.2) is 4.79 Å². The second-order valence-electron chi connectivity index (χ2n) is 5.64. The Morgan fingerprint density at radius 1 is 1.22 bits per heavy atom. The lowest BCUT2D eigenvalue weighted by Gasteiger charge is -2.19. The van der Waals surface area contributed by atoms with Crippen LogP contribution in [0.3, 0.4) is 0 Å². The number of hydrogen-bond donors (Lipinski definition) is 1. The third-order valence-electron chi connectivity index (χ3n) is 2.94. The number of nitrogens with one attached hydrogen (secondary N) is 1. The second-order valence-corrected chi connectivity index (χ2v) is 5.64. The van der Waals surface area contributed by atoms with Gasteiger partial charge in [0.05, 0.1) is 5.56 Å². The zero-order valence-corrected chi connectivity index (χ0v) is 11.5. The van der Waals surface area contributed by atoms with E-state index in [4.69, 9.17) is 4.74 Å². The number of ether oxygens (including phenoxy) is 1. The first-order chi connectivity index (χ1) is 8.28. The zero-order chi connectivity index (χ0) is 13.5. The molecule has 0 aliphatic heterocycles. The summed E-state index contributed by atoms with van der Waals surface area (Å²) in [6, 6.07) is 5.61. The van der Waals surface area contributed by atoms with Crippen molar-refractivity contribution < 1.29 is 9.53 Å². The van der Waals surface area contributed by atoms with E-state index in [1.807, 2.05) is 46.8 Å². The van der Waals surface area contributed by atoms with Gasteiger partial charge in [0.1, 0.15) is 5.60 Å². The summed E-state index contributed by atoms with van der Waals surface area (Å²) in [6.45, 7) is 9.69. The van der Waals surface area contributed by atoms with Crippen LogP contribution in [0.4, 0.5) is 0 Å². The Kier molecular flexibility index (Phi) is 2.93. The Morgan fingerprint density at radius 3 is 2.50 bits per heavy atom. The summed E-state index contributed by atoms with van der Waals surface area (Å²) in [4.78, 5) is 15.3. The van der Waals surface area contributed by atoms with Crippen molar-refractivity contribution in [3.8, 4) is 0 Å². The van der Waals surface area contributed by atoms with E-state index < -0.39 is 5.60 Å². The minimum Gasteiger partial charge on any atom is -0.456 e. The summed E-state index contributed by atoms with van der Waals surface area (Å²) in [7, 11) is 0. The summed E-state index contributed by atoms with van der Waals surface area (Å²) >= 11 is 0. The third kappa shape index (κ3) is 2.40. The summed E-state index contributed by atoms with van der Waals surface area (Å²) in [5.41, 5.74) is 3.49. The van der Waals surface area contributed by atoms with E-state index >= 15 is 0 Å². The minimum absolute atomic E-state index is 0.275. The van der Waals surface area contributed by atoms with Gasteiger partial charge in [0, 0.05) is 16.6 Å². The maximum Gasteiger partial charge on any atom is 0.338 e. The number of aromatic nitrogens is 1. The fourth-order valence-corrected chi connectivity index (χ4v) is 1.93. The topological polar surface area (TPSA) is 42.1 Å². The molecule has 0 fully saturated rings. The largest absolute Gasteiger partial charge is 0.456 e. The van der Waals surface area contributed by atoms with Gasteiger partial charge in [-0.2, -0.15) is 0 Å². The van der Waals surface area contributed by atoms with Crippen molar-refractivity contribution >= 4 is 16.9 Å². The monoisotopic (exact) mass is 245 g/mol. The Hall–Kier alpha value is -1.77. The summed E-state index contributed by atoms with van der Waals surface area (Å²) < 4.78 is 5.37. The van der Waals surface area contributed by atoms with Gasteiger partial charge in [0.2, 0.25) is 0 Å². The molecule has 1 heterocycles. The van der Waals surface area contributed by atoms with Crippen LogP contribution in [0.25, 0.3) is 10.9 Å². The van der Waals surface area contributed by atoms with Crippen molar-refractivity contribution in [1.29, 1.82) is 0 Å². The van der Waals surface area contributed by atoms with Crippen molar-refractivity contribution in [1.82, 2.24) is 4.98 Å². The van der Waals surface area contributed by atoms with Crippen LogP contribution in [-0.4, -0.2) is 16.6 Å². The molecule has 2 rings (SSSR count). The van der Waals surface area contributed by atoms with Crippen LogP contribution >= 0.6 is 0 Å². The van der Waals surface area contributed by atoms with Crippen LogP contribution in [0, 0.1) is 13.8 Å². The van der Waals surface area contributed by atoms with Gasteiger partial charge in [-0.1, -0.05) is 0 Å². The van der Waals surface area contributed by atoms with Crippen molar-refractivity contribution in [2.45, 2.75) is 40.2 Å². The number of H-pyrrole nitrogens is 1. The first-order valence-corrected chi connectivity index (χ1v) is 6.10. The molecule has 96 valence electrons. The van der Waals surface area contributed by atoms with E-state index in [1.54, 1.807) is 6.07 Å². The van der Waals surface area contributed by atoms with E-state index in [9.17, 15) is 4.79 Å². The molecule has 1 N–H and O–H groups in total. The molecule has 3 heteroatoms. The molecule has 0 aliphatic rings. The number of benzene rings is 1. The van der Waals surface area contributed by atoms with E-state index in [0.29, 0.717) is 5.56 Å². The van der Waals surface area contributed by atoms with Crippen LogP contribution in [-0.2, 0) is 4.74 Å². The van der Waals surface area contributed by atoms with Crippen molar-refractivity contribution in [3.63, 3.8) is 0 Å². The Balaban J connectivity index is 2.41. The van der Waals surface area contributed by atoms with Gasteiger partial charge >= 0.3 is 5.97 Å². The van der Waals surface area contributed by atoms with Gasteiger partial charge < -0.3 is 9.72 Å². The van der Waals surface area contributed by atoms with Crippen LogP contribution in [0.2, 0.25) is 0 Å². The molecule has 2 aromatic rings. The molecule has 3 nitrogen and oxygen atoms in total. The predicted molar refractivity (Wildman–Crippen MR) is 72.9 cm³/mol. The SMILES string of the molecule is Cc1[nH]c2ccc(C(=O)OC(C)(C)C)cc2c1C. The molecular formula is C15H19NO2. The molecule has 0 atom stereocenters. The highest BCUT2D eigenvalue weighted by atomic mass is 16.6. The number of aryl methyl sites for hydroxylation is 2. The molecule has 0 unspecified atom stereocenters. The number of carbonyl (C=O) groups is 1. The smallest absolute Gasteiger partial charge is 0.338 e. The van der Waals surface area contributed by atoms with Gasteiger partial charge in [0.25, 0.3) is 0 Å². The molecule has 1 aromatic carbocycles. The first-order valence-electron chi connectivity index (χ1n) is 6.10. The summed E-state index contributed by atoms with van der Waals surface area (Å²) in [6.07, 6.45) is 0. The highest BCUT2D eigenvalue weighted by molar-refractivity contribution is 5.96. The number of rotatable bonds is 1. The lowest BCUT2D eigenvalue weighted by atomic mass is 10.1. The molecule has 0 saturated carbocycles. The number of hydrogen-bond acceptors (Lipinski definition) is 2. The zero-order valence-electron chi connectivity index (χ0n) is 11.5. The number of aromatic amines is 1. The van der Waals surface area contributed by atoms with Crippen LogP contribution in [0.5, 0.6) is 0 Å². The molecule has 0 amide bonds. The van der Waals surface area contributed by atoms with E-state index in [2.05, 4.69) is 4.98 Å². The maximum absolute atomic E-state index is 12.0. The van der Waals surface area contributed by atoms with Gasteiger partial charge in [-0.3, -0.25) is 0 Å². The molecule has 0 saturated heterocycles. The minimum atomic E-state index is -0.463. The van der Waals surface area contributed by atoms with Crippen LogP contribution in [0.15, 0.2) is 18.2 Å². The lowest BCUT2D eigenvalue weighted by Crippen LogP contribution is -2.23. The third-order valence-corrected chi connectivity index (χ3v) is 2.94. The number of carbonyl (C=O) groups excluding carboxylic acids is 1. The Morgan fingerprint density at radius 2 is 1.89 bits per heavy atom. The molecule has 0 spiro atoms. The highest BCUT2D eigenvalue weighted by Crippen LogP contribution is 2.23. The molecule has 18 heavy (non-hydrogen) atoms. The van der Waals surface area contributed by atoms with Gasteiger partial charge in [-0.05, 0) is 58.4 Å². The standard InChI is InChI=1S/C15H19NO2/c1-9-10(2)16-13-7-6-11(8-12(9)13)14(17)18-15(3,4)5/h6-8,16H,1-5H3. The van der Waals surface area contributed by atoms with Gasteiger partial charge in [-0.15, -0.1) is 0 Å². The van der Waals surface area contributed by atoms with Crippen molar-refractivity contribution in [2.75, 3.05) is 0 Å². The highest BCUT2D eigenvalue weighted by Gasteiger charge is 2.18. The lowest BCUT2D eigenvalue weighted by molar-refractivity contribution is 0.00697. The average molecular weight is 245 g/mol. The fraction of sp³-hybridized carbons (Fsp3) is 0.400.